The van der Waals surface area contributed by atoms with E-state index in [1.54, 1.807) is 0 Å². The minimum atomic E-state index is 1.22. The second-order valence-electron chi connectivity index (χ2n) is 29.6. The lowest BCUT2D eigenvalue weighted by Crippen LogP contribution is -2.16. The molecule has 0 bridgehead atoms. The van der Waals surface area contributed by atoms with E-state index < -0.39 is 0 Å². The van der Waals surface area contributed by atoms with Crippen LogP contribution >= 0.6 is 0 Å². The number of rotatable bonds is 10. The molecule has 0 N–H and O–H groups in total. The monoisotopic (exact) mass is 1340 g/mol. The highest BCUT2D eigenvalue weighted by atomic mass is 15.1. The van der Waals surface area contributed by atoms with E-state index >= 15 is 0 Å². The molecule has 5 nitrogen and oxygen atoms in total. The Morgan fingerprint density at radius 1 is 0.160 bits per heavy atom. The molecule has 100 heavy (non-hydrogen) atoms. The number of nitrogens with zero attached hydrogens (tertiary/aromatic N) is 5. The highest BCUT2D eigenvalue weighted by Crippen LogP contribution is 2.41. The average Bonchev–Trinajstić information content (AvgIpc) is 0.777. The number of para-hydroxylation sites is 1. The fourth-order valence-electron chi connectivity index (χ4n) is 14.6. The fourth-order valence-corrected chi connectivity index (χ4v) is 14.6. The molecule has 0 aliphatic carbocycles. The summed E-state index contributed by atoms with van der Waals surface area (Å²) in [5, 5.41) is 0. The van der Waals surface area contributed by atoms with Gasteiger partial charge in [0.2, 0.25) is 0 Å². The molecule has 0 aliphatic rings. The first kappa shape index (κ1) is 80.2. The second-order valence-corrected chi connectivity index (χ2v) is 29.6. The molecule has 0 saturated heterocycles. The van der Waals surface area contributed by atoms with Crippen molar-refractivity contribution in [3.8, 4) is 0 Å². The van der Waals surface area contributed by atoms with Gasteiger partial charge in [-0.05, 0) is 418 Å². The van der Waals surface area contributed by atoms with Crippen molar-refractivity contribution in [1.29, 1.82) is 0 Å². The minimum absolute atomic E-state index is 1.22. The number of anilines is 10. The lowest BCUT2D eigenvalue weighted by atomic mass is 9.92. The molecule has 10 aromatic carbocycles. The van der Waals surface area contributed by atoms with Gasteiger partial charge in [-0.3, -0.25) is 0 Å². The van der Waals surface area contributed by atoms with Gasteiger partial charge in [0.1, 0.15) is 0 Å². The third-order valence-electron chi connectivity index (χ3n) is 22.8. The molecule has 0 amide bonds. The van der Waals surface area contributed by atoms with Gasteiger partial charge in [0.15, 0.2) is 0 Å². The molecule has 10 rings (SSSR count). The highest BCUT2D eigenvalue weighted by molar-refractivity contribution is 5.78. The maximum atomic E-state index is 2.37. The van der Waals surface area contributed by atoms with Crippen molar-refractivity contribution in [1.82, 2.24) is 0 Å². The van der Waals surface area contributed by atoms with Crippen LogP contribution in [0.5, 0.6) is 0 Å². The zero-order valence-corrected chi connectivity index (χ0v) is 68.8. The molecule has 0 atom stereocenters. The zero-order valence-electron chi connectivity index (χ0n) is 68.8. The van der Waals surface area contributed by atoms with E-state index in [1.165, 1.54) is 224 Å². The van der Waals surface area contributed by atoms with Gasteiger partial charge >= 0.3 is 0 Å². The van der Waals surface area contributed by atoms with Crippen LogP contribution in [-0.2, 0) is 0 Å². The first-order valence-electron chi connectivity index (χ1n) is 36.1. The molecule has 5 heteroatoms. The predicted octanol–water partition coefficient (Wildman–Crippen LogP) is 26.5. The van der Waals surface area contributed by atoms with Crippen LogP contribution in [0.2, 0.25) is 0 Å². The fraction of sp³-hybridized carbons (Fsp3) is 0.368. The van der Waals surface area contributed by atoms with Gasteiger partial charge in [-0.25, -0.2) is 0 Å². The summed E-state index contributed by atoms with van der Waals surface area (Å²) >= 11 is 0. The van der Waals surface area contributed by atoms with E-state index in [1.807, 2.05) is 6.07 Å². The molecule has 0 radical (unpaired) electrons. The van der Waals surface area contributed by atoms with Gasteiger partial charge in [-0.2, -0.15) is 0 Å². The SMILES string of the molecule is Cc1cc(C)c(N(C)c2c(C)c(C)c(C)c(C)c2C)cc1C.Cc1cc(C)c(N(C)c2cc(C)c(C)cc2C)c(C)c1.Cc1cc(C)c(N(C)c2ccccc2)cc1C.Cc1ccc(N(C)c2c(C)c(C)c(C)c(C)c2C)cc1.Cc1ccc(N(C)c2c(C)c(C)c(C)c(C)c2C)cc1C. The lowest BCUT2D eigenvalue weighted by Gasteiger charge is -2.29. The van der Waals surface area contributed by atoms with Crippen molar-refractivity contribution in [2.45, 2.75) is 208 Å². The van der Waals surface area contributed by atoms with E-state index in [9.17, 15) is 0 Å². The van der Waals surface area contributed by atoms with Crippen LogP contribution in [0, 0.1) is 208 Å². The quantitative estimate of drug-likeness (QED) is 0.135. The van der Waals surface area contributed by atoms with Crippen LogP contribution < -0.4 is 24.5 Å². The van der Waals surface area contributed by atoms with Gasteiger partial charge in [0, 0.05) is 92.1 Å². The molecule has 10 aromatic rings. The largest absolute Gasteiger partial charge is 0.344 e. The van der Waals surface area contributed by atoms with Crippen LogP contribution in [0.15, 0.2) is 121 Å². The van der Waals surface area contributed by atoms with E-state index in [4.69, 9.17) is 0 Å². The predicted molar refractivity (Wildman–Crippen MR) is 447 cm³/mol. The minimum Gasteiger partial charge on any atom is -0.344 e. The van der Waals surface area contributed by atoms with Crippen molar-refractivity contribution < 1.29 is 0 Å². The summed E-state index contributed by atoms with van der Waals surface area (Å²) in [7, 11) is 10.8. The Hall–Kier alpha value is -8.80. The summed E-state index contributed by atoms with van der Waals surface area (Å²) in [6.07, 6.45) is 0. The van der Waals surface area contributed by atoms with E-state index in [2.05, 4.69) is 383 Å². The Morgan fingerprint density at radius 3 is 0.760 bits per heavy atom. The number of hydrogen-bond donors (Lipinski definition) is 0. The molecular formula is C95H125N5. The smallest absolute Gasteiger partial charge is 0.0473 e. The van der Waals surface area contributed by atoms with Crippen LogP contribution in [0.25, 0.3) is 0 Å². The van der Waals surface area contributed by atoms with Gasteiger partial charge < -0.3 is 24.5 Å². The third-order valence-corrected chi connectivity index (χ3v) is 22.8. The molecule has 0 aromatic heterocycles. The Labute approximate surface area is 609 Å². The second kappa shape index (κ2) is 33.6. The molecule has 0 unspecified atom stereocenters. The first-order chi connectivity index (χ1) is 46.7. The highest BCUT2D eigenvalue weighted by Gasteiger charge is 2.22. The van der Waals surface area contributed by atoms with Crippen molar-refractivity contribution in [2.24, 2.45) is 0 Å². The maximum Gasteiger partial charge on any atom is 0.0473 e. The number of benzene rings is 10. The molecule has 0 aliphatic heterocycles. The van der Waals surface area contributed by atoms with Gasteiger partial charge in [0.05, 0.1) is 0 Å². The molecule has 0 saturated carbocycles. The maximum absolute atomic E-state index is 2.37. The van der Waals surface area contributed by atoms with Crippen LogP contribution in [0.4, 0.5) is 56.9 Å². The van der Waals surface area contributed by atoms with Crippen LogP contribution in [0.1, 0.15) is 167 Å². The summed E-state index contributed by atoms with van der Waals surface area (Å²) in [6, 6.07) is 44.1. The Balaban J connectivity index is 0.000000197. The normalized spacial score (nSPS) is 10.8. The Morgan fingerprint density at radius 2 is 0.420 bits per heavy atom. The van der Waals surface area contributed by atoms with E-state index in [0.717, 1.165) is 0 Å². The zero-order chi connectivity index (χ0) is 75.1. The van der Waals surface area contributed by atoms with Crippen molar-refractivity contribution in [2.75, 3.05) is 59.7 Å². The topological polar surface area (TPSA) is 16.2 Å². The average molecular weight is 1340 g/mol. The number of aryl methyl sites for hydroxylation is 15. The van der Waals surface area contributed by atoms with Crippen LogP contribution in [0.3, 0.4) is 0 Å². The van der Waals surface area contributed by atoms with E-state index in [-0.39, 0.29) is 0 Å². The van der Waals surface area contributed by atoms with Crippen LogP contribution in [-0.4, -0.2) is 35.2 Å². The van der Waals surface area contributed by atoms with Gasteiger partial charge in [0.25, 0.3) is 0 Å². The third kappa shape index (κ3) is 17.7. The Bertz CT molecular complexity index is 4480. The van der Waals surface area contributed by atoms with Gasteiger partial charge in [-0.1, -0.05) is 77.9 Å². The Kier molecular flexibility index (Phi) is 26.9. The van der Waals surface area contributed by atoms with E-state index in [0.29, 0.717) is 0 Å². The summed E-state index contributed by atoms with van der Waals surface area (Å²) in [4.78, 5) is 11.6. The molecular weight excluding hydrogens is 1210 g/mol. The van der Waals surface area contributed by atoms with Gasteiger partial charge in [-0.15, -0.1) is 0 Å². The molecule has 0 spiro atoms. The van der Waals surface area contributed by atoms with Crippen molar-refractivity contribution in [3.63, 3.8) is 0 Å². The summed E-state index contributed by atoms with van der Waals surface area (Å²) in [5.74, 6) is 0. The summed E-state index contributed by atoms with van der Waals surface area (Å²) in [5.41, 5.74) is 54.0. The molecule has 0 heterocycles. The molecule has 0 fully saturated rings. The summed E-state index contributed by atoms with van der Waals surface area (Å²) < 4.78 is 0. The summed E-state index contributed by atoms with van der Waals surface area (Å²) in [6.45, 7) is 66.1. The number of hydrogen-bond acceptors (Lipinski definition) is 5. The molecule has 530 valence electrons. The van der Waals surface area contributed by atoms with Crippen molar-refractivity contribution >= 4 is 56.9 Å². The lowest BCUT2D eigenvalue weighted by molar-refractivity contribution is 1.09. The first-order valence-corrected chi connectivity index (χ1v) is 36.1. The standard InChI is InChI=1S/C21H29N.C20H27N.2C19H25N.C16H19N/c1-12-10-14(3)20(11-13(12)2)22(9)21-18(7)16(5)15(4)17(6)19(21)8;1-12-9-10-19(11-13(12)2)21(8)20-17(6)15(4)14(3)16(5)18(20)7;1-12-8-16(5)19(17(6)9-12)20(7)18-11-14(3)13(2)10-15(18)4;1-12-8-10-18(11-9-12)20(7)19-16(5)14(3)13(2)15(4)17(19)6;1-12-10-14(3)16(11-13(12)2)17(4)15-8-6-5-7-9-15/h10-11H,1-9H3;9-11H,1-8H3;2*8-11H,1-7H3;5-11H,1-4H3. The van der Waals surface area contributed by atoms with Crippen molar-refractivity contribution in [3.05, 3.63) is 288 Å².